The van der Waals surface area contributed by atoms with Gasteiger partial charge in [0.15, 0.2) is 0 Å². The highest BCUT2D eigenvalue weighted by Gasteiger charge is 2.35. The number of benzene rings is 1. The number of sulfonamides is 1. The fourth-order valence-corrected chi connectivity index (χ4v) is 4.50. The Bertz CT molecular complexity index is 621. The molecule has 0 radical (unpaired) electrons. The number of nitrogens with one attached hydrogen (secondary N) is 1. The summed E-state index contributed by atoms with van der Waals surface area (Å²) in [5, 5.41) is 3.37. The van der Waals surface area contributed by atoms with Crippen LogP contribution in [-0.4, -0.2) is 37.9 Å². The molecule has 1 aromatic carbocycles. The Balaban J connectivity index is 1.91. The molecule has 0 aliphatic carbocycles. The zero-order valence-electron chi connectivity index (χ0n) is 10.9. The second-order valence-electron chi connectivity index (χ2n) is 5.36. The van der Waals surface area contributed by atoms with Gasteiger partial charge in [-0.25, -0.2) is 17.2 Å². The van der Waals surface area contributed by atoms with E-state index in [1.807, 2.05) is 0 Å². The molecule has 2 atom stereocenters. The molecule has 2 aliphatic rings. The van der Waals surface area contributed by atoms with E-state index in [1.54, 1.807) is 0 Å². The highest BCUT2D eigenvalue weighted by atomic mass is 32.2. The van der Waals surface area contributed by atoms with Crippen LogP contribution in [0.15, 0.2) is 23.1 Å². The van der Waals surface area contributed by atoms with Crippen LogP contribution in [0.25, 0.3) is 0 Å². The third-order valence-electron chi connectivity index (χ3n) is 4.00. The fourth-order valence-electron chi connectivity index (χ4n) is 2.95. The standard InChI is InChI=1S/C13H16F2N2O2S/c14-9-1-4-13(12(15)7-9)20(18,19)17-6-5-10-2-3-11(8-17)16-10/h1,4,7,10-11,16H,2-3,5-6,8H2. The third-order valence-corrected chi connectivity index (χ3v) is 5.90. The number of fused-ring (bicyclic) bond motifs is 2. The van der Waals surface area contributed by atoms with Gasteiger partial charge in [0.1, 0.15) is 16.5 Å². The predicted molar refractivity (Wildman–Crippen MR) is 69.7 cm³/mol. The lowest BCUT2D eigenvalue weighted by atomic mass is 10.1. The molecule has 20 heavy (non-hydrogen) atoms. The van der Waals surface area contributed by atoms with E-state index in [0.29, 0.717) is 25.2 Å². The van der Waals surface area contributed by atoms with Gasteiger partial charge in [0.2, 0.25) is 10.0 Å². The summed E-state index contributed by atoms with van der Waals surface area (Å²) in [5.74, 6) is -1.81. The van der Waals surface area contributed by atoms with Gasteiger partial charge in [-0.1, -0.05) is 0 Å². The van der Waals surface area contributed by atoms with Crippen molar-refractivity contribution >= 4 is 10.0 Å². The van der Waals surface area contributed by atoms with Crippen LogP contribution in [0, 0.1) is 11.6 Å². The van der Waals surface area contributed by atoms with E-state index in [0.717, 1.165) is 31.4 Å². The molecule has 4 nitrogen and oxygen atoms in total. The lowest BCUT2D eigenvalue weighted by molar-refractivity contribution is 0.380. The summed E-state index contributed by atoms with van der Waals surface area (Å²) in [6.45, 7) is 0.711. The molecule has 2 heterocycles. The normalized spacial score (nSPS) is 27.5. The Morgan fingerprint density at radius 2 is 1.90 bits per heavy atom. The van der Waals surface area contributed by atoms with Crippen molar-refractivity contribution in [2.45, 2.75) is 36.2 Å². The smallest absolute Gasteiger partial charge is 0.246 e. The van der Waals surface area contributed by atoms with E-state index in [-0.39, 0.29) is 6.04 Å². The maximum atomic E-state index is 13.7. The van der Waals surface area contributed by atoms with Crippen LogP contribution in [0.1, 0.15) is 19.3 Å². The SMILES string of the molecule is O=S(=O)(c1ccc(F)cc1F)N1CCC2CCC(C1)N2. The minimum Gasteiger partial charge on any atom is -0.310 e. The third kappa shape index (κ3) is 2.45. The average Bonchev–Trinajstić information content (AvgIpc) is 2.67. The van der Waals surface area contributed by atoms with Gasteiger partial charge in [0, 0.05) is 31.2 Å². The quantitative estimate of drug-likeness (QED) is 0.900. The lowest BCUT2D eigenvalue weighted by Gasteiger charge is -2.23. The number of hydrogen-bond acceptors (Lipinski definition) is 3. The summed E-state index contributed by atoms with van der Waals surface area (Å²) >= 11 is 0. The molecule has 0 spiro atoms. The Hall–Kier alpha value is -1.05. The maximum absolute atomic E-state index is 13.7. The van der Waals surface area contributed by atoms with Crippen molar-refractivity contribution in [3.63, 3.8) is 0 Å². The first-order valence-electron chi connectivity index (χ1n) is 6.68. The monoisotopic (exact) mass is 302 g/mol. The summed E-state index contributed by atoms with van der Waals surface area (Å²) in [6, 6.07) is 3.04. The lowest BCUT2D eigenvalue weighted by Crippen LogP contribution is -2.39. The van der Waals surface area contributed by atoms with Crippen molar-refractivity contribution in [1.82, 2.24) is 9.62 Å². The first-order valence-corrected chi connectivity index (χ1v) is 8.12. The molecule has 2 fully saturated rings. The van der Waals surface area contributed by atoms with Crippen LogP contribution in [0.5, 0.6) is 0 Å². The zero-order valence-corrected chi connectivity index (χ0v) is 11.7. The Labute approximate surface area is 116 Å². The molecule has 2 saturated heterocycles. The van der Waals surface area contributed by atoms with Crippen molar-refractivity contribution in [3.05, 3.63) is 29.8 Å². The molecule has 3 rings (SSSR count). The number of hydrogen-bond donors (Lipinski definition) is 1. The molecule has 1 aromatic rings. The molecular weight excluding hydrogens is 286 g/mol. The van der Waals surface area contributed by atoms with Crippen molar-refractivity contribution in [1.29, 1.82) is 0 Å². The van der Waals surface area contributed by atoms with E-state index < -0.39 is 26.6 Å². The Morgan fingerprint density at radius 3 is 2.65 bits per heavy atom. The van der Waals surface area contributed by atoms with Crippen LogP contribution in [0.3, 0.4) is 0 Å². The van der Waals surface area contributed by atoms with Crippen LogP contribution >= 0.6 is 0 Å². The molecule has 2 unspecified atom stereocenters. The van der Waals surface area contributed by atoms with Crippen LogP contribution in [0.4, 0.5) is 8.78 Å². The van der Waals surface area contributed by atoms with Crippen molar-refractivity contribution in [2.75, 3.05) is 13.1 Å². The molecule has 2 bridgehead atoms. The molecule has 0 aromatic heterocycles. The molecular formula is C13H16F2N2O2S. The fraction of sp³-hybridized carbons (Fsp3) is 0.538. The highest BCUT2D eigenvalue weighted by Crippen LogP contribution is 2.26. The van der Waals surface area contributed by atoms with Crippen LogP contribution in [-0.2, 0) is 10.0 Å². The van der Waals surface area contributed by atoms with Gasteiger partial charge in [-0.3, -0.25) is 0 Å². The Morgan fingerprint density at radius 1 is 1.15 bits per heavy atom. The van der Waals surface area contributed by atoms with Crippen molar-refractivity contribution in [2.24, 2.45) is 0 Å². The van der Waals surface area contributed by atoms with Gasteiger partial charge >= 0.3 is 0 Å². The largest absolute Gasteiger partial charge is 0.310 e. The molecule has 1 N–H and O–H groups in total. The first-order chi connectivity index (χ1) is 9.46. The van der Waals surface area contributed by atoms with Gasteiger partial charge in [-0.15, -0.1) is 0 Å². The van der Waals surface area contributed by atoms with Crippen molar-refractivity contribution < 1.29 is 17.2 Å². The topological polar surface area (TPSA) is 49.4 Å². The predicted octanol–water partition coefficient (Wildman–Crippen LogP) is 1.48. The zero-order chi connectivity index (χ0) is 14.3. The minimum atomic E-state index is -3.90. The number of halogens is 2. The highest BCUT2D eigenvalue weighted by molar-refractivity contribution is 7.89. The van der Waals surface area contributed by atoms with Gasteiger partial charge in [-0.05, 0) is 31.4 Å². The first kappa shape index (κ1) is 13.9. The molecule has 110 valence electrons. The van der Waals surface area contributed by atoms with Gasteiger partial charge in [-0.2, -0.15) is 4.31 Å². The summed E-state index contributed by atoms with van der Waals surface area (Å²) in [7, 11) is -3.90. The second-order valence-corrected chi connectivity index (χ2v) is 7.27. The van der Waals surface area contributed by atoms with E-state index in [1.165, 1.54) is 4.31 Å². The molecule has 2 aliphatic heterocycles. The van der Waals surface area contributed by atoms with Crippen molar-refractivity contribution in [3.8, 4) is 0 Å². The van der Waals surface area contributed by atoms with Gasteiger partial charge in [0.05, 0.1) is 0 Å². The van der Waals surface area contributed by atoms with Gasteiger partial charge < -0.3 is 5.32 Å². The summed E-state index contributed by atoms with van der Waals surface area (Å²) in [5.41, 5.74) is 0. The molecule has 7 heteroatoms. The number of nitrogens with zero attached hydrogens (tertiary/aromatic N) is 1. The summed E-state index contributed by atoms with van der Waals surface area (Å²) < 4.78 is 52.9. The van der Waals surface area contributed by atoms with E-state index in [2.05, 4.69) is 5.32 Å². The van der Waals surface area contributed by atoms with E-state index in [4.69, 9.17) is 0 Å². The molecule has 0 amide bonds. The van der Waals surface area contributed by atoms with Crippen LogP contribution < -0.4 is 5.32 Å². The van der Waals surface area contributed by atoms with E-state index >= 15 is 0 Å². The minimum absolute atomic E-state index is 0.126. The van der Waals surface area contributed by atoms with E-state index in [9.17, 15) is 17.2 Å². The summed E-state index contributed by atoms with van der Waals surface area (Å²) in [4.78, 5) is -0.448. The maximum Gasteiger partial charge on any atom is 0.246 e. The summed E-state index contributed by atoms with van der Waals surface area (Å²) in [6.07, 6.45) is 2.71. The van der Waals surface area contributed by atoms with Crippen LogP contribution in [0.2, 0.25) is 0 Å². The molecule has 0 saturated carbocycles. The average molecular weight is 302 g/mol. The van der Waals surface area contributed by atoms with Gasteiger partial charge in [0.25, 0.3) is 0 Å². The Kier molecular flexibility index (Phi) is 3.51. The number of rotatable bonds is 2. The second kappa shape index (κ2) is 5.05.